The van der Waals surface area contributed by atoms with Gasteiger partial charge in [0.1, 0.15) is 0 Å². The van der Waals surface area contributed by atoms with Crippen LogP contribution in [0.4, 0.5) is 10.3 Å². The highest BCUT2D eigenvalue weighted by Gasteiger charge is 2.15. The van der Waals surface area contributed by atoms with Crippen LogP contribution in [0.2, 0.25) is 0 Å². The van der Waals surface area contributed by atoms with E-state index in [4.69, 9.17) is 0 Å². The van der Waals surface area contributed by atoms with Gasteiger partial charge >= 0.3 is 0 Å². The average molecular weight is 282 g/mol. The van der Waals surface area contributed by atoms with Gasteiger partial charge in [-0.2, -0.15) is 0 Å². The zero-order chi connectivity index (χ0) is 13.1. The lowest BCUT2D eigenvalue weighted by atomic mass is 10.3. The maximum atomic E-state index is 4.65. The fraction of sp³-hybridized carbons (Fsp3) is 0.500. The Kier molecular flexibility index (Phi) is 4.19. The van der Waals surface area contributed by atoms with Crippen LogP contribution >= 0.6 is 22.7 Å². The Balaban J connectivity index is 2.34. The lowest BCUT2D eigenvalue weighted by Crippen LogP contribution is -2.21. The third kappa shape index (κ3) is 2.49. The number of hydrogen-bond donors (Lipinski definition) is 1. The third-order valence-corrected chi connectivity index (χ3v) is 4.87. The van der Waals surface area contributed by atoms with Crippen LogP contribution in [-0.4, -0.2) is 30.1 Å². The normalized spacial score (nSPS) is 10.7. The topological polar surface area (TPSA) is 41.1 Å². The Morgan fingerprint density at radius 2 is 2.00 bits per heavy atom. The quantitative estimate of drug-likeness (QED) is 0.912. The SMILES string of the molecule is CCN(CC)c1nc(C)c(-c2csc(NC)n2)s1. The van der Waals surface area contributed by atoms with Gasteiger partial charge in [0.05, 0.1) is 16.3 Å². The Morgan fingerprint density at radius 1 is 1.28 bits per heavy atom. The highest BCUT2D eigenvalue weighted by atomic mass is 32.1. The molecule has 0 amide bonds. The van der Waals surface area contributed by atoms with Crippen molar-refractivity contribution in [3.8, 4) is 10.6 Å². The van der Waals surface area contributed by atoms with Gasteiger partial charge in [0.25, 0.3) is 0 Å². The number of aryl methyl sites for hydroxylation is 1. The predicted molar refractivity (Wildman–Crippen MR) is 81.1 cm³/mol. The summed E-state index contributed by atoms with van der Waals surface area (Å²) in [7, 11) is 1.89. The monoisotopic (exact) mass is 282 g/mol. The van der Waals surface area contributed by atoms with Crippen LogP contribution in [0.25, 0.3) is 10.6 Å². The molecule has 0 aliphatic rings. The van der Waals surface area contributed by atoms with Crippen molar-refractivity contribution in [2.45, 2.75) is 20.8 Å². The molecule has 0 saturated heterocycles. The first-order chi connectivity index (χ1) is 8.69. The largest absolute Gasteiger partial charge is 0.365 e. The van der Waals surface area contributed by atoms with Crippen LogP contribution in [0, 0.1) is 6.92 Å². The molecule has 0 radical (unpaired) electrons. The lowest BCUT2D eigenvalue weighted by Gasteiger charge is -2.16. The summed E-state index contributed by atoms with van der Waals surface area (Å²) in [6, 6.07) is 0. The van der Waals surface area contributed by atoms with Gasteiger partial charge in [0, 0.05) is 25.5 Å². The number of thiazole rings is 2. The molecule has 0 unspecified atom stereocenters. The first kappa shape index (κ1) is 13.3. The molecule has 0 aromatic carbocycles. The molecule has 18 heavy (non-hydrogen) atoms. The van der Waals surface area contributed by atoms with Gasteiger partial charge in [-0.1, -0.05) is 11.3 Å². The minimum Gasteiger partial charge on any atom is -0.365 e. The third-order valence-electron chi connectivity index (χ3n) is 2.77. The molecule has 98 valence electrons. The average Bonchev–Trinajstić information content (AvgIpc) is 2.97. The fourth-order valence-electron chi connectivity index (χ4n) is 1.74. The molecule has 0 aliphatic carbocycles. The van der Waals surface area contributed by atoms with Gasteiger partial charge in [-0.15, -0.1) is 11.3 Å². The van der Waals surface area contributed by atoms with Crippen molar-refractivity contribution in [2.24, 2.45) is 0 Å². The van der Waals surface area contributed by atoms with Crippen molar-refractivity contribution in [1.82, 2.24) is 9.97 Å². The summed E-state index contributed by atoms with van der Waals surface area (Å²) in [6.45, 7) is 8.34. The molecule has 0 atom stereocenters. The van der Waals surface area contributed by atoms with E-state index in [1.165, 1.54) is 4.88 Å². The van der Waals surface area contributed by atoms with Crippen molar-refractivity contribution in [3.05, 3.63) is 11.1 Å². The molecule has 0 saturated carbocycles. The van der Waals surface area contributed by atoms with E-state index in [2.05, 4.69) is 46.3 Å². The van der Waals surface area contributed by atoms with Crippen LogP contribution in [0.15, 0.2) is 5.38 Å². The van der Waals surface area contributed by atoms with Gasteiger partial charge in [0.2, 0.25) is 0 Å². The predicted octanol–water partition coefficient (Wildman–Crippen LogP) is 3.46. The summed E-state index contributed by atoms with van der Waals surface area (Å²) in [5.41, 5.74) is 2.09. The zero-order valence-electron chi connectivity index (χ0n) is 11.1. The highest BCUT2D eigenvalue weighted by molar-refractivity contribution is 7.19. The first-order valence-electron chi connectivity index (χ1n) is 6.05. The number of anilines is 2. The molecule has 0 fully saturated rings. The molecule has 0 aliphatic heterocycles. The second-order valence-electron chi connectivity index (χ2n) is 3.87. The molecule has 0 bridgehead atoms. The smallest absolute Gasteiger partial charge is 0.186 e. The molecule has 1 N–H and O–H groups in total. The summed E-state index contributed by atoms with van der Waals surface area (Å²) in [4.78, 5) is 12.6. The Bertz CT molecular complexity index is 514. The van der Waals surface area contributed by atoms with E-state index < -0.39 is 0 Å². The minimum absolute atomic E-state index is 0.946. The molecule has 6 heteroatoms. The maximum absolute atomic E-state index is 4.65. The molecule has 2 aromatic heterocycles. The van der Waals surface area contributed by atoms with Gasteiger partial charge < -0.3 is 10.2 Å². The summed E-state index contributed by atoms with van der Waals surface area (Å²) in [5.74, 6) is 0. The van der Waals surface area contributed by atoms with E-state index in [1.54, 1.807) is 22.7 Å². The lowest BCUT2D eigenvalue weighted by molar-refractivity contribution is 0.857. The molecule has 2 aromatic rings. The Hall–Kier alpha value is -1.14. The first-order valence-corrected chi connectivity index (χ1v) is 7.75. The second kappa shape index (κ2) is 5.67. The van der Waals surface area contributed by atoms with Crippen LogP contribution in [0.5, 0.6) is 0 Å². The Labute approximate surface area is 116 Å². The number of rotatable bonds is 5. The molecule has 0 spiro atoms. The summed E-state index contributed by atoms with van der Waals surface area (Å²) < 4.78 is 0. The number of aromatic nitrogens is 2. The number of nitrogens with one attached hydrogen (secondary N) is 1. The van der Waals surface area contributed by atoms with Gasteiger partial charge in [-0.05, 0) is 20.8 Å². The summed E-state index contributed by atoms with van der Waals surface area (Å²) in [5, 5.41) is 7.19. The zero-order valence-corrected chi connectivity index (χ0v) is 12.8. The second-order valence-corrected chi connectivity index (χ2v) is 5.71. The van der Waals surface area contributed by atoms with Crippen LogP contribution in [0.1, 0.15) is 19.5 Å². The molecule has 4 nitrogen and oxygen atoms in total. The van der Waals surface area contributed by atoms with E-state index in [9.17, 15) is 0 Å². The van der Waals surface area contributed by atoms with Gasteiger partial charge in [0.15, 0.2) is 10.3 Å². The van der Waals surface area contributed by atoms with E-state index in [-0.39, 0.29) is 0 Å². The van der Waals surface area contributed by atoms with E-state index in [0.717, 1.165) is 34.7 Å². The minimum atomic E-state index is 0.946. The fourth-order valence-corrected chi connectivity index (χ4v) is 3.63. The Morgan fingerprint density at radius 3 is 2.56 bits per heavy atom. The summed E-state index contributed by atoms with van der Waals surface area (Å²) >= 11 is 3.35. The maximum Gasteiger partial charge on any atom is 0.186 e. The van der Waals surface area contributed by atoms with Gasteiger partial charge in [-0.3, -0.25) is 0 Å². The molecule has 2 heterocycles. The number of hydrogen-bond acceptors (Lipinski definition) is 6. The standard InChI is InChI=1S/C12H18N4S2/c1-5-16(6-2)12-14-8(3)10(18-12)9-7-17-11(13-4)15-9/h7H,5-6H2,1-4H3,(H,13,15). The van der Waals surface area contributed by atoms with E-state index >= 15 is 0 Å². The molecular weight excluding hydrogens is 264 g/mol. The van der Waals surface area contributed by atoms with Crippen LogP contribution in [-0.2, 0) is 0 Å². The van der Waals surface area contributed by atoms with Crippen molar-refractivity contribution in [3.63, 3.8) is 0 Å². The van der Waals surface area contributed by atoms with Crippen molar-refractivity contribution >= 4 is 32.9 Å². The van der Waals surface area contributed by atoms with Crippen molar-refractivity contribution < 1.29 is 0 Å². The van der Waals surface area contributed by atoms with Crippen LogP contribution < -0.4 is 10.2 Å². The van der Waals surface area contributed by atoms with Gasteiger partial charge in [-0.25, -0.2) is 9.97 Å². The summed E-state index contributed by atoms with van der Waals surface area (Å²) in [6.07, 6.45) is 0. The van der Waals surface area contributed by atoms with E-state index in [1.807, 2.05) is 7.05 Å². The van der Waals surface area contributed by atoms with E-state index in [0.29, 0.717) is 0 Å². The number of nitrogens with zero attached hydrogens (tertiary/aromatic N) is 3. The molecule has 2 rings (SSSR count). The van der Waals surface area contributed by atoms with Crippen molar-refractivity contribution in [2.75, 3.05) is 30.4 Å². The highest BCUT2D eigenvalue weighted by Crippen LogP contribution is 2.35. The van der Waals surface area contributed by atoms with Crippen LogP contribution in [0.3, 0.4) is 0 Å². The molecular formula is C12H18N4S2. The van der Waals surface area contributed by atoms with Crippen molar-refractivity contribution in [1.29, 1.82) is 0 Å².